The van der Waals surface area contributed by atoms with Crippen molar-refractivity contribution in [3.8, 4) is 6.07 Å². The summed E-state index contributed by atoms with van der Waals surface area (Å²) in [6, 6.07) is 13.2. The zero-order valence-electron chi connectivity index (χ0n) is 11.7. The highest BCUT2D eigenvalue weighted by Crippen LogP contribution is 2.19. The van der Waals surface area contributed by atoms with Crippen LogP contribution in [0.3, 0.4) is 0 Å². The third kappa shape index (κ3) is 4.05. The number of benzene rings is 1. The Morgan fingerprint density at radius 2 is 2.11 bits per heavy atom. The monoisotopic (exact) mass is 257 g/mol. The summed E-state index contributed by atoms with van der Waals surface area (Å²) in [7, 11) is 2.16. The van der Waals surface area contributed by atoms with Crippen LogP contribution >= 0.6 is 0 Å². The van der Waals surface area contributed by atoms with E-state index in [1.165, 1.54) is 19.3 Å². The van der Waals surface area contributed by atoms with Gasteiger partial charge in [0.05, 0.1) is 12.0 Å². The molecule has 1 N–H and O–H groups in total. The van der Waals surface area contributed by atoms with E-state index < -0.39 is 0 Å². The van der Waals surface area contributed by atoms with Crippen molar-refractivity contribution in [1.82, 2.24) is 10.2 Å². The molecule has 2 rings (SSSR count). The molecule has 3 heteroatoms. The molecule has 0 aliphatic carbocycles. The fourth-order valence-electron chi connectivity index (χ4n) is 2.78. The molecule has 102 valence electrons. The standard InChI is InChI=1S/C16H23N3/c1-19(16-8-5-10-18-11-9-16)13-15(12-17)14-6-3-2-4-7-14/h2-4,6-7,15-16,18H,5,8-11,13H2,1H3. The van der Waals surface area contributed by atoms with Gasteiger partial charge < -0.3 is 10.2 Å². The average Bonchev–Trinajstić information content (AvgIpc) is 2.74. The highest BCUT2D eigenvalue weighted by Gasteiger charge is 2.20. The first kappa shape index (κ1) is 14.0. The summed E-state index contributed by atoms with van der Waals surface area (Å²) in [4.78, 5) is 2.37. The normalized spacial score (nSPS) is 21.6. The molecule has 1 fully saturated rings. The van der Waals surface area contributed by atoms with Gasteiger partial charge in [-0.05, 0) is 45.0 Å². The minimum absolute atomic E-state index is 0.0255. The van der Waals surface area contributed by atoms with Crippen LogP contribution in [-0.4, -0.2) is 37.6 Å². The summed E-state index contributed by atoms with van der Waals surface area (Å²) in [6.45, 7) is 3.05. The highest BCUT2D eigenvalue weighted by atomic mass is 15.1. The third-order valence-corrected chi connectivity index (χ3v) is 4.00. The van der Waals surface area contributed by atoms with Gasteiger partial charge >= 0.3 is 0 Å². The summed E-state index contributed by atoms with van der Waals surface area (Å²) in [5, 5.41) is 12.8. The molecule has 0 amide bonds. The lowest BCUT2D eigenvalue weighted by atomic mass is 9.98. The number of nitriles is 1. The van der Waals surface area contributed by atoms with Crippen LogP contribution in [0.15, 0.2) is 30.3 Å². The van der Waals surface area contributed by atoms with Crippen LogP contribution in [0.25, 0.3) is 0 Å². The minimum Gasteiger partial charge on any atom is -0.317 e. The predicted molar refractivity (Wildman–Crippen MR) is 77.9 cm³/mol. The molecule has 0 bridgehead atoms. The van der Waals surface area contributed by atoms with Crippen LogP contribution in [0, 0.1) is 11.3 Å². The van der Waals surface area contributed by atoms with Crippen LogP contribution in [0.4, 0.5) is 0 Å². The number of nitrogens with one attached hydrogen (secondary N) is 1. The maximum atomic E-state index is 9.39. The van der Waals surface area contributed by atoms with Crippen molar-refractivity contribution >= 4 is 0 Å². The lowest BCUT2D eigenvalue weighted by Gasteiger charge is -2.28. The quantitative estimate of drug-likeness (QED) is 0.900. The first-order valence-corrected chi connectivity index (χ1v) is 7.17. The molecule has 1 aromatic rings. The van der Waals surface area contributed by atoms with Crippen molar-refractivity contribution in [1.29, 1.82) is 5.26 Å². The Hall–Kier alpha value is -1.37. The Morgan fingerprint density at radius 3 is 2.84 bits per heavy atom. The summed E-state index contributed by atoms with van der Waals surface area (Å²) in [6.07, 6.45) is 3.65. The summed E-state index contributed by atoms with van der Waals surface area (Å²) in [5.41, 5.74) is 1.13. The van der Waals surface area contributed by atoms with Crippen molar-refractivity contribution in [2.75, 3.05) is 26.7 Å². The molecule has 1 heterocycles. The topological polar surface area (TPSA) is 39.1 Å². The molecular weight excluding hydrogens is 234 g/mol. The average molecular weight is 257 g/mol. The van der Waals surface area contributed by atoms with Crippen molar-refractivity contribution in [3.05, 3.63) is 35.9 Å². The van der Waals surface area contributed by atoms with Gasteiger partial charge in [0.2, 0.25) is 0 Å². The summed E-state index contributed by atoms with van der Waals surface area (Å²) >= 11 is 0. The molecule has 0 radical (unpaired) electrons. The fraction of sp³-hybridized carbons (Fsp3) is 0.562. The van der Waals surface area contributed by atoms with Crippen molar-refractivity contribution in [2.24, 2.45) is 0 Å². The van der Waals surface area contributed by atoms with E-state index in [4.69, 9.17) is 0 Å². The number of likely N-dealkylation sites (N-methyl/N-ethyl adjacent to an activating group) is 1. The van der Waals surface area contributed by atoms with Crippen molar-refractivity contribution in [3.63, 3.8) is 0 Å². The van der Waals surface area contributed by atoms with Crippen LogP contribution in [0.1, 0.15) is 30.7 Å². The second-order valence-electron chi connectivity index (χ2n) is 5.37. The SMILES string of the molecule is CN(CC(C#N)c1ccccc1)C1CCCNCC1. The largest absolute Gasteiger partial charge is 0.317 e. The third-order valence-electron chi connectivity index (χ3n) is 4.00. The number of nitrogens with zero attached hydrogens (tertiary/aromatic N) is 2. The molecule has 0 saturated carbocycles. The maximum absolute atomic E-state index is 9.39. The van der Waals surface area contributed by atoms with Crippen molar-refractivity contribution < 1.29 is 0 Å². The molecule has 1 saturated heterocycles. The molecule has 3 nitrogen and oxygen atoms in total. The summed E-state index contributed by atoms with van der Waals surface area (Å²) in [5.74, 6) is -0.0255. The van der Waals surface area contributed by atoms with Gasteiger partial charge in [-0.3, -0.25) is 0 Å². The van der Waals surface area contributed by atoms with E-state index in [1.807, 2.05) is 18.2 Å². The van der Waals surface area contributed by atoms with E-state index in [0.717, 1.165) is 25.2 Å². The molecule has 0 aromatic heterocycles. The smallest absolute Gasteiger partial charge is 0.0839 e. The van der Waals surface area contributed by atoms with Gasteiger partial charge in [0.25, 0.3) is 0 Å². The van der Waals surface area contributed by atoms with E-state index >= 15 is 0 Å². The van der Waals surface area contributed by atoms with E-state index in [-0.39, 0.29) is 5.92 Å². The van der Waals surface area contributed by atoms with Crippen LogP contribution < -0.4 is 5.32 Å². The second-order valence-corrected chi connectivity index (χ2v) is 5.37. The minimum atomic E-state index is -0.0255. The van der Waals surface area contributed by atoms with E-state index in [0.29, 0.717) is 6.04 Å². The molecular formula is C16H23N3. The number of hydrogen-bond donors (Lipinski definition) is 1. The van der Waals surface area contributed by atoms with Gasteiger partial charge in [-0.25, -0.2) is 0 Å². The Morgan fingerprint density at radius 1 is 1.32 bits per heavy atom. The van der Waals surface area contributed by atoms with Gasteiger partial charge in [-0.1, -0.05) is 30.3 Å². The fourth-order valence-corrected chi connectivity index (χ4v) is 2.78. The van der Waals surface area contributed by atoms with E-state index in [9.17, 15) is 5.26 Å². The lowest BCUT2D eigenvalue weighted by Crippen LogP contribution is -2.35. The first-order valence-electron chi connectivity index (χ1n) is 7.17. The zero-order valence-corrected chi connectivity index (χ0v) is 11.7. The maximum Gasteiger partial charge on any atom is 0.0839 e. The Kier molecular flexibility index (Phi) is 5.38. The molecule has 1 aliphatic heterocycles. The second kappa shape index (κ2) is 7.28. The molecule has 2 atom stereocenters. The molecule has 0 spiro atoms. The predicted octanol–water partition coefficient (Wildman–Crippen LogP) is 2.37. The Balaban J connectivity index is 1.96. The number of hydrogen-bond acceptors (Lipinski definition) is 3. The van der Waals surface area contributed by atoms with Gasteiger partial charge in [0.15, 0.2) is 0 Å². The molecule has 2 unspecified atom stereocenters. The van der Waals surface area contributed by atoms with Crippen LogP contribution in [0.2, 0.25) is 0 Å². The lowest BCUT2D eigenvalue weighted by molar-refractivity contribution is 0.221. The first-order chi connectivity index (χ1) is 9.31. The van der Waals surface area contributed by atoms with Gasteiger partial charge in [0, 0.05) is 12.6 Å². The van der Waals surface area contributed by atoms with Crippen LogP contribution in [0.5, 0.6) is 0 Å². The molecule has 1 aromatic carbocycles. The molecule has 19 heavy (non-hydrogen) atoms. The number of rotatable bonds is 4. The highest BCUT2D eigenvalue weighted by molar-refractivity contribution is 5.25. The van der Waals surface area contributed by atoms with E-state index in [2.05, 4.69) is 35.5 Å². The Labute approximate surface area is 116 Å². The zero-order chi connectivity index (χ0) is 13.5. The summed E-state index contributed by atoms with van der Waals surface area (Å²) < 4.78 is 0. The van der Waals surface area contributed by atoms with Crippen LogP contribution in [-0.2, 0) is 0 Å². The Bertz CT molecular complexity index is 402. The molecule has 1 aliphatic rings. The van der Waals surface area contributed by atoms with Gasteiger partial charge in [-0.2, -0.15) is 5.26 Å². The van der Waals surface area contributed by atoms with Gasteiger partial charge in [-0.15, -0.1) is 0 Å². The van der Waals surface area contributed by atoms with Gasteiger partial charge in [0.1, 0.15) is 0 Å². The van der Waals surface area contributed by atoms with E-state index in [1.54, 1.807) is 0 Å². The van der Waals surface area contributed by atoms with Crippen molar-refractivity contribution in [2.45, 2.75) is 31.2 Å².